The van der Waals surface area contributed by atoms with Gasteiger partial charge in [0.2, 0.25) is 0 Å². The zero-order valence-corrected chi connectivity index (χ0v) is 21.0. The molecule has 4 rings (SSSR count). The van der Waals surface area contributed by atoms with E-state index in [4.69, 9.17) is 9.47 Å². The Labute approximate surface area is 217 Å². The molecule has 0 aliphatic carbocycles. The molecule has 0 saturated carbocycles. The van der Waals surface area contributed by atoms with Crippen LogP contribution in [0.5, 0.6) is 11.5 Å². The molecule has 0 spiro atoms. The summed E-state index contributed by atoms with van der Waals surface area (Å²) >= 11 is 0. The Bertz CT molecular complexity index is 1430. The van der Waals surface area contributed by atoms with Gasteiger partial charge in [-0.05, 0) is 89.9 Å². The highest BCUT2D eigenvalue weighted by Gasteiger charge is 2.09. The molecular weight excluding hydrogens is 460 g/mol. The molecule has 4 aromatic rings. The summed E-state index contributed by atoms with van der Waals surface area (Å²) in [5.41, 5.74) is 5.37. The number of carbonyl (C=O) groups is 2. The maximum absolute atomic E-state index is 11.7. The maximum Gasteiger partial charge on any atom is 0.338 e. The number of rotatable bonds is 10. The molecule has 37 heavy (non-hydrogen) atoms. The lowest BCUT2D eigenvalue weighted by molar-refractivity contribution is -0.130. The van der Waals surface area contributed by atoms with Gasteiger partial charge < -0.3 is 9.47 Å². The molecule has 0 amide bonds. The van der Waals surface area contributed by atoms with Gasteiger partial charge in [0.15, 0.2) is 0 Å². The zero-order valence-electron chi connectivity index (χ0n) is 21.0. The third kappa shape index (κ3) is 6.83. The van der Waals surface area contributed by atoms with Crippen LogP contribution in [0.25, 0.3) is 10.8 Å². The van der Waals surface area contributed by atoms with Crippen molar-refractivity contribution in [3.63, 3.8) is 0 Å². The monoisotopic (exact) mass is 490 g/mol. The lowest BCUT2D eigenvalue weighted by atomic mass is 9.93. The van der Waals surface area contributed by atoms with Crippen LogP contribution in [-0.2, 0) is 35.3 Å². The highest BCUT2D eigenvalue weighted by Crippen LogP contribution is 2.26. The van der Waals surface area contributed by atoms with Crippen LogP contribution < -0.4 is 9.47 Å². The Kier molecular flexibility index (Phi) is 8.32. The van der Waals surface area contributed by atoms with E-state index < -0.39 is 11.9 Å². The van der Waals surface area contributed by atoms with Crippen molar-refractivity contribution in [2.45, 2.75) is 32.6 Å². The molecular formula is C33H30O4. The second kappa shape index (κ2) is 12.0. The number of hydrogen-bond acceptors (Lipinski definition) is 4. The lowest BCUT2D eigenvalue weighted by Gasteiger charge is -2.12. The van der Waals surface area contributed by atoms with E-state index in [9.17, 15) is 9.59 Å². The molecule has 0 saturated heterocycles. The third-order valence-corrected chi connectivity index (χ3v) is 6.26. The highest BCUT2D eigenvalue weighted by molar-refractivity contribution is 5.89. The van der Waals surface area contributed by atoms with Gasteiger partial charge in [-0.15, -0.1) is 0 Å². The van der Waals surface area contributed by atoms with Crippen LogP contribution in [0.1, 0.15) is 29.2 Å². The molecule has 0 radical (unpaired) electrons. The van der Waals surface area contributed by atoms with E-state index in [1.165, 1.54) is 33.0 Å². The van der Waals surface area contributed by atoms with Gasteiger partial charge in [0.25, 0.3) is 0 Å². The smallest absolute Gasteiger partial charge is 0.338 e. The Hall–Kier alpha value is -4.44. The largest absolute Gasteiger partial charge is 0.423 e. The van der Waals surface area contributed by atoms with E-state index in [1.54, 1.807) is 6.92 Å². The first-order valence-electron chi connectivity index (χ1n) is 12.3. The first-order chi connectivity index (χ1) is 17.9. The molecule has 4 heteroatoms. The molecule has 0 N–H and O–H groups in total. The SMILES string of the molecule is C=CC(=O)Oc1ccc(CCc2ccc(CCc3ccc(OC(=O)C(=C)C)cc3)c3ccccc23)cc1. The van der Waals surface area contributed by atoms with Crippen LogP contribution in [0, 0.1) is 0 Å². The number of ether oxygens (including phenoxy) is 2. The molecule has 0 bridgehead atoms. The summed E-state index contributed by atoms with van der Waals surface area (Å²) in [7, 11) is 0. The minimum atomic E-state index is -0.458. The fourth-order valence-corrected chi connectivity index (χ4v) is 4.22. The quantitative estimate of drug-likeness (QED) is 0.137. The molecule has 0 aliphatic rings. The molecule has 186 valence electrons. The van der Waals surface area contributed by atoms with Crippen LogP contribution in [0.4, 0.5) is 0 Å². The van der Waals surface area contributed by atoms with Crippen LogP contribution in [0.15, 0.2) is 110 Å². The molecule has 0 fully saturated rings. The van der Waals surface area contributed by atoms with Crippen LogP contribution in [0.2, 0.25) is 0 Å². The standard InChI is InChI=1S/C33H30O4/c1-4-32(34)36-28-19-11-24(12-20-28)9-15-26-17-18-27(31-8-6-5-7-30(26)31)16-10-25-13-21-29(22-14-25)37-33(35)23(2)3/h4-8,11-14,17-22H,1-2,9-10,15-16H2,3H3. The Morgan fingerprint density at radius 1 is 0.676 bits per heavy atom. The lowest BCUT2D eigenvalue weighted by Crippen LogP contribution is -2.08. The van der Waals surface area contributed by atoms with Crippen molar-refractivity contribution >= 4 is 22.7 Å². The van der Waals surface area contributed by atoms with Gasteiger partial charge in [0.05, 0.1) is 0 Å². The maximum atomic E-state index is 11.7. The summed E-state index contributed by atoms with van der Waals surface area (Å²) in [6.45, 7) is 8.67. The number of benzene rings is 4. The van der Waals surface area contributed by atoms with Crippen LogP contribution in [-0.4, -0.2) is 11.9 Å². The van der Waals surface area contributed by atoms with Gasteiger partial charge in [0.1, 0.15) is 11.5 Å². The normalized spacial score (nSPS) is 10.6. The summed E-state index contributed by atoms with van der Waals surface area (Å²) in [5.74, 6) is 0.177. The topological polar surface area (TPSA) is 52.6 Å². The van der Waals surface area contributed by atoms with Crippen molar-refractivity contribution in [1.82, 2.24) is 0 Å². The highest BCUT2D eigenvalue weighted by atomic mass is 16.5. The van der Waals surface area contributed by atoms with E-state index in [0.717, 1.165) is 31.8 Å². The van der Waals surface area contributed by atoms with E-state index in [0.29, 0.717) is 17.1 Å². The summed E-state index contributed by atoms with van der Waals surface area (Å²) < 4.78 is 10.4. The molecule has 0 aliphatic heterocycles. The zero-order chi connectivity index (χ0) is 26.2. The average Bonchev–Trinajstić information content (AvgIpc) is 2.92. The minimum Gasteiger partial charge on any atom is -0.423 e. The predicted octanol–water partition coefficient (Wildman–Crippen LogP) is 6.98. The Morgan fingerprint density at radius 2 is 1.14 bits per heavy atom. The number of fused-ring (bicyclic) bond motifs is 1. The van der Waals surface area contributed by atoms with Crippen molar-refractivity contribution < 1.29 is 19.1 Å². The fraction of sp³-hybridized carbons (Fsp3) is 0.152. The van der Waals surface area contributed by atoms with Crippen molar-refractivity contribution in [2.24, 2.45) is 0 Å². The fourth-order valence-electron chi connectivity index (χ4n) is 4.22. The second-order valence-electron chi connectivity index (χ2n) is 9.01. The van der Waals surface area contributed by atoms with Gasteiger partial charge in [-0.3, -0.25) is 0 Å². The van der Waals surface area contributed by atoms with E-state index >= 15 is 0 Å². The summed E-state index contributed by atoms with van der Waals surface area (Å²) in [6, 6.07) is 28.3. The van der Waals surface area contributed by atoms with Gasteiger partial charge in [-0.1, -0.05) is 73.8 Å². The van der Waals surface area contributed by atoms with Gasteiger partial charge in [-0.2, -0.15) is 0 Å². The minimum absolute atomic E-state index is 0.379. The van der Waals surface area contributed by atoms with Gasteiger partial charge >= 0.3 is 11.9 Å². The first kappa shape index (κ1) is 25.6. The van der Waals surface area contributed by atoms with Crippen molar-refractivity contribution in [3.05, 3.63) is 132 Å². The summed E-state index contributed by atoms with van der Waals surface area (Å²) in [5, 5.41) is 2.55. The molecule has 4 nitrogen and oxygen atoms in total. The van der Waals surface area contributed by atoms with E-state index in [2.05, 4.69) is 49.6 Å². The molecule has 4 aromatic carbocycles. The number of hydrogen-bond donors (Lipinski definition) is 0. The average molecular weight is 491 g/mol. The predicted molar refractivity (Wildman–Crippen MR) is 148 cm³/mol. The van der Waals surface area contributed by atoms with Crippen molar-refractivity contribution in [1.29, 1.82) is 0 Å². The second-order valence-corrected chi connectivity index (χ2v) is 9.01. The molecule has 0 atom stereocenters. The summed E-state index contributed by atoms with van der Waals surface area (Å²) in [4.78, 5) is 23.1. The third-order valence-electron chi connectivity index (χ3n) is 6.26. The number of aryl methyl sites for hydroxylation is 4. The Balaban J connectivity index is 1.41. The number of carbonyl (C=O) groups excluding carboxylic acids is 2. The molecule has 0 aromatic heterocycles. The number of esters is 2. The molecule has 0 heterocycles. The van der Waals surface area contributed by atoms with E-state index in [-0.39, 0.29) is 0 Å². The van der Waals surface area contributed by atoms with Gasteiger partial charge in [-0.25, -0.2) is 9.59 Å². The van der Waals surface area contributed by atoms with Crippen LogP contribution in [0.3, 0.4) is 0 Å². The summed E-state index contributed by atoms with van der Waals surface area (Å²) in [6.07, 6.45) is 4.76. The van der Waals surface area contributed by atoms with Crippen LogP contribution >= 0.6 is 0 Å². The van der Waals surface area contributed by atoms with Crippen molar-refractivity contribution in [2.75, 3.05) is 0 Å². The Morgan fingerprint density at radius 3 is 1.57 bits per heavy atom. The molecule has 0 unspecified atom stereocenters. The van der Waals surface area contributed by atoms with Gasteiger partial charge in [0, 0.05) is 11.6 Å². The first-order valence-corrected chi connectivity index (χ1v) is 12.3. The van der Waals surface area contributed by atoms with E-state index in [1.807, 2.05) is 48.5 Å². The van der Waals surface area contributed by atoms with Crippen molar-refractivity contribution in [3.8, 4) is 11.5 Å².